The van der Waals surface area contributed by atoms with Crippen LogP contribution in [0.2, 0.25) is 0 Å². The first kappa shape index (κ1) is 16.7. The Morgan fingerprint density at radius 3 is 2.48 bits per heavy atom. The predicted molar refractivity (Wildman–Crippen MR) is 89.5 cm³/mol. The van der Waals surface area contributed by atoms with Crippen molar-refractivity contribution in [3.63, 3.8) is 0 Å². The minimum atomic E-state index is -3.82. The first-order chi connectivity index (χ1) is 11.8. The first-order valence-corrected chi connectivity index (χ1v) is 8.55. The Balaban J connectivity index is 1.92. The molecule has 9 heteroatoms. The molecule has 5 N–H and O–H groups in total. The predicted octanol–water partition coefficient (Wildman–Crippen LogP) is 1.52. The number of rotatable bonds is 3. The zero-order valence-corrected chi connectivity index (χ0v) is 13.5. The van der Waals surface area contributed by atoms with Crippen molar-refractivity contribution in [2.75, 3.05) is 5.32 Å². The maximum Gasteiger partial charge on any atom is 0.261 e. The second-order valence-corrected chi connectivity index (χ2v) is 6.77. The minimum Gasteiger partial charge on any atom is -0.504 e. The largest absolute Gasteiger partial charge is 0.504 e. The topological polar surface area (TPSA) is 146 Å². The number of hydrogen-bond acceptors (Lipinski definition) is 6. The number of anilines is 1. The Morgan fingerprint density at radius 2 is 1.84 bits per heavy atom. The summed E-state index contributed by atoms with van der Waals surface area (Å²) >= 11 is 0. The van der Waals surface area contributed by atoms with Gasteiger partial charge in [-0.1, -0.05) is 12.1 Å². The van der Waals surface area contributed by atoms with Crippen LogP contribution in [0.25, 0.3) is 11.0 Å². The van der Waals surface area contributed by atoms with Crippen molar-refractivity contribution >= 4 is 32.6 Å². The zero-order valence-electron chi connectivity index (χ0n) is 12.7. The van der Waals surface area contributed by atoms with Crippen LogP contribution in [0.3, 0.4) is 0 Å². The summed E-state index contributed by atoms with van der Waals surface area (Å²) < 4.78 is 27.6. The van der Waals surface area contributed by atoms with E-state index in [0.29, 0.717) is 11.1 Å². The van der Waals surface area contributed by atoms with Crippen LogP contribution in [0.15, 0.2) is 57.8 Å². The highest BCUT2D eigenvalue weighted by Gasteiger charge is 2.14. The van der Waals surface area contributed by atoms with E-state index >= 15 is 0 Å². The number of para-hydroxylation sites is 1. The molecule has 3 rings (SSSR count). The number of hydrogen-bond donors (Lipinski definition) is 4. The molecule has 8 nitrogen and oxygen atoms in total. The Hall–Kier alpha value is -3.17. The van der Waals surface area contributed by atoms with Crippen molar-refractivity contribution < 1.29 is 22.7 Å². The fourth-order valence-electron chi connectivity index (χ4n) is 2.24. The molecule has 0 spiro atoms. The van der Waals surface area contributed by atoms with Crippen molar-refractivity contribution in [1.82, 2.24) is 0 Å². The van der Waals surface area contributed by atoms with E-state index in [4.69, 9.17) is 15.0 Å². The highest BCUT2D eigenvalue weighted by Crippen LogP contribution is 2.23. The molecular formula is C16H13N3O5S. The van der Waals surface area contributed by atoms with Gasteiger partial charge in [0.25, 0.3) is 5.91 Å². The number of aromatic hydroxyl groups is 1. The average molecular weight is 359 g/mol. The molecule has 0 radical (unpaired) electrons. The smallest absolute Gasteiger partial charge is 0.261 e. The van der Waals surface area contributed by atoms with E-state index < -0.39 is 21.5 Å². The van der Waals surface area contributed by atoms with Gasteiger partial charge in [-0.2, -0.15) is 0 Å². The summed E-state index contributed by atoms with van der Waals surface area (Å²) in [6, 6.07) is 11.3. The number of benzene rings is 2. The molecule has 0 unspecified atom stereocenters. The van der Waals surface area contributed by atoms with Crippen LogP contribution in [0.4, 0.5) is 5.69 Å². The summed E-state index contributed by atoms with van der Waals surface area (Å²) in [6.07, 6.45) is 0. The second kappa shape index (κ2) is 6.04. The maximum atomic E-state index is 12.3. The Kier molecular flexibility index (Phi) is 4.03. The molecule has 0 aliphatic carbocycles. The quantitative estimate of drug-likeness (QED) is 0.560. The number of carbonyl (C=O) groups excluding carboxylic acids is 1. The standard InChI is InChI=1S/C16H13N3O5S/c17-15-12(8-9-2-1-3-13(20)14(9)24-15)16(21)19-10-4-6-11(7-5-10)25(18,22)23/h1-8,17,20H,(H,19,21)(H2,18,22,23). The third-order valence-electron chi connectivity index (χ3n) is 3.46. The molecule has 25 heavy (non-hydrogen) atoms. The number of sulfonamides is 1. The lowest BCUT2D eigenvalue weighted by atomic mass is 10.1. The van der Waals surface area contributed by atoms with E-state index in [1.54, 1.807) is 12.1 Å². The SMILES string of the molecule is N=c1oc2c(O)cccc2cc1C(=O)Nc1ccc(S(N)(=O)=O)cc1. The van der Waals surface area contributed by atoms with Crippen molar-refractivity contribution in [3.8, 4) is 5.75 Å². The van der Waals surface area contributed by atoms with Crippen molar-refractivity contribution in [1.29, 1.82) is 5.41 Å². The number of primary sulfonamides is 1. The third-order valence-corrected chi connectivity index (χ3v) is 4.39. The van der Waals surface area contributed by atoms with Gasteiger partial charge in [0.15, 0.2) is 11.3 Å². The lowest BCUT2D eigenvalue weighted by molar-refractivity contribution is 0.102. The molecule has 128 valence electrons. The molecule has 0 saturated carbocycles. The Labute approximate surface area is 142 Å². The van der Waals surface area contributed by atoms with Gasteiger partial charge in [-0.25, -0.2) is 13.6 Å². The summed E-state index contributed by atoms with van der Waals surface area (Å²) in [5.74, 6) is -0.737. The second-order valence-electron chi connectivity index (χ2n) is 5.21. The van der Waals surface area contributed by atoms with E-state index in [-0.39, 0.29) is 21.8 Å². The molecule has 3 aromatic rings. The van der Waals surface area contributed by atoms with Crippen LogP contribution in [0.1, 0.15) is 10.4 Å². The molecule has 1 amide bonds. The molecule has 0 bridgehead atoms. The van der Waals surface area contributed by atoms with Gasteiger partial charge >= 0.3 is 0 Å². The Morgan fingerprint density at radius 1 is 1.16 bits per heavy atom. The average Bonchev–Trinajstić information content (AvgIpc) is 2.55. The summed E-state index contributed by atoms with van der Waals surface area (Å²) in [4.78, 5) is 12.3. The van der Waals surface area contributed by atoms with Gasteiger partial charge < -0.3 is 14.8 Å². The molecule has 0 atom stereocenters. The van der Waals surface area contributed by atoms with Crippen molar-refractivity contribution in [2.45, 2.75) is 4.90 Å². The van der Waals surface area contributed by atoms with Crippen LogP contribution in [-0.4, -0.2) is 19.4 Å². The van der Waals surface area contributed by atoms with Gasteiger partial charge in [0.05, 0.1) is 4.90 Å². The Bertz CT molecular complexity index is 1130. The van der Waals surface area contributed by atoms with Crippen LogP contribution < -0.4 is 16.0 Å². The molecule has 0 aliphatic heterocycles. The molecule has 1 heterocycles. The van der Waals surface area contributed by atoms with Gasteiger partial charge in [0, 0.05) is 11.1 Å². The highest BCUT2D eigenvalue weighted by atomic mass is 32.2. The number of phenolic OH excluding ortho intramolecular Hbond substituents is 1. The lowest BCUT2D eigenvalue weighted by Gasteiger charge is -2.07. The summed E-state index contributed by atoms with van der Waals surface area (Å²) in [7, 11) is -3.82. The first-order valence-electron chi connectivity index (χ1n) is 7.00. The molecule has 0 fully saturated rings. The summed E-state index contributed by atoms with van der Waals surface area (Å²) in [6.45, 7) is 0. The fourth-order valence-corrected chi connectivity index (χ4v) is 2.76. The monoisotopic (exact) mass is 359 g/mol. The van der Waals surface area contributed by atoms with E-state index in [1.807, 2.05) is 0 Å². The van der Waals surface area contributed by atoms with E-state index in [0.717, 1.165) is 0 Å². The fraction of sp³-hybridized carbons (Fsp3) is 0. The molecular weight excluding hydrogens is 346 g/mol. The van der Waals surface area contributed by atoms with E-state index in [1.165, 1.54) is 36.4 Å². The number of amides is 1. The van der Waals surface area contributed by atoms with Crippen LogP contribution in [-0.2, 0) is 10.0 Å². The third kappa shape index (κ3) is 3.37. The molecule has 0 aliphatic rings. The van der Waals surface area contributed by atoms with Crippen LogP contribution in [0, 0.1) is 5.41 Å². The highest BCUT2D eigenvalue weighted by molar-refractivity contribution is 7.89. The maximum absolute atomic E-state index is 12.3. The molecule has 2 aromatic carbocycles. The zero-order chi connectivity index (χ0) is 18.2. The minimum absolute atomic E-state index is 0.0337. The van der Waals surface area contributed by atoms with Crippen LogP contribution in [0.5, 0.6) is 5.75 Å². The van der Waals surface area contributed by atoms with Gasteiger partial charge in [-0.15, -0.1) is 0 Å². The van der Waals surface area contributed by atoms with E-state index in [9.17, 15) is 18.3 Å². The summed E-state index contributed by atoms with van der Waals surface area (Å²) in [5.41, 5.74) is -0.00404. The molecule has 0 saturated heterocycles. The van der Waals surface area contributed by atoms with Crippen LogP contribution >= 0.6 is 0 Å². The number of nitrogens with two attached hydrogens (primary N) is 1. The van der Waals surface area contributed by atoms with Gasteiger partial charge in [-0.05, 0) is 36.4 Å². The van der Waals surface area contributed by atoms with Gasteiger partial charge in [0.1, 0.15) is 5.56 Å². The van der Waals surface area contributed by atoms with E-state index in [2.05, 4.69) is 5.32 Å². The lowest BCUT2D eigenvalue weighted by Crippen LogP contribution is -2.21. The number of carbonyl (C=O) groups is 1. The van der Waals surface area contributed by atoms with Gasteiger partial charge in [0.2, 0.25) is 15.6 Å². The normalized spacial score (nSPS) is 11.4. The number of nitrogens with one attached hydrogen (secondary N) is 2. The molecule has 1 aromatic heterocycles. The van der Waals surface area contributed by atoms with Crippen molar-refractivity contribution in [2.24, 2.45) is 5.14 Å². The number of phenols is 1. The van der Waals surface area contributed by atoms with Crippen molar-refractivity contribution in [3.05, 3.63) is 59.6 Å². The number of fused-ring (bicyclic) bond motifs is 1. The summed E-state index contributed by atoms with van der Waals surface area (Å²) in [5, 5.41) is 25.6. The van der Waals surface area contributed by atoms with Gasteiger partial charge in [-0.3, -0.25) is 10.2 Å².